The smallest absolute Gasteiger partial charge is 0.294 e. The number of rotatable bonds is 8. The minimum atomic E-state index is -3.13. The van der Waals surface area contributed by atoms with Crippen LogP contribution < -0.4 is 10.2 Å². The lowest BCUT2D eigenvalue weighted by atomic mass is 10.2. The number of nitrogens with zero attached hydrogens (tertiary/aromatic N) is 4. The number of aromatic nitrogens is 2. The minimum Gasteiger partial charge on any atom is -0.480 e. The fourth-order valence-electron chi connectivity index (χ4n) is 3.88. The molecule has 0 spiro atoms. The molecule has 1 amide bonds. The average Bonchev–Trinajstić information content (AvgIpc) is 3.29. The molecule has 0 aliphatic carbocycles. The number of halogens is 2. The Labute approximate surface area is 239 Å². The van der Waals surface area contributed by atoms with Crippen LogP contribution in [0.15, 0.2) is 42.5 Å². The number of benzene rings is 2. The van der Waals surface area contributed by atoms with Crippen LogP contribution >= 0.6 is 23.2 Å². The third-order valence-electron chi connectivity index (χ3n) is 5.80. The van der Waals surface area contributed by atoms with Crippen molar-refractivity contribution in [3.8, 4) is 34.8 Å². The normalized spacial score (nSPS) is 14.6. The molecule has 40 heavy (non-hydrogen) atoms. The highest BCUT2D eigenvalue weighted by Crippen LogP contribution is 2.36. The molecule has 210 valence electrons. The van der Waals surface area contributed by atoms with E-state index in [4.69, 9.17) is 27.9 Å². The molecular weight excluding hydrogens is 585 g/mol. The van der Waals surface area contributed by atoms with Crippen LogP contribution in [-0.2, 0) is 14.7 Å². The zero-order valence-electron chi connectivity index (χ0n) is 21.1. The summed E-state index contributed by atoms with van der Waals surface area (Å²) in [5.41, 5.74) is 4.39. The van der Waals surface area contributed by atoms with E-state index < -0.39 is 20.8 Å². The van der Waals surface area contributed by atoms with E-state index >= 15 is 0 Å². The van der Waals surface area contributed by atoms with Crippen LogP contribution in [0.3, 0.4) is 0 Å². The van der Waals surface area contributed by atoms with E-state index in [9.17, 15) is 23.3 Å². The third kappa shape index (κ3) is 7.02. The molecule has 3 aromatic rings. The van der Waals surface area contributed by atoms with Crippen LogP contribution in [0.5, 0.6) is 5.88 Å². The largest absolute Gasteiger partial charge is 0.480 e. The lowest BCUT2D eigenvalue weighted by Gasteiger charge is -2.26. The van der Waals surface area contributed by atoms with Crippen molar-refractivity contribution in [3.05, 3.63) is 73.9 Å². The van der Waals surface area contributed by atoms with Gasteiger partial charge in [-0.1, -0.05) is 35.0 Å². The molecule has 1 aliphatic rings. The van der Waals surface area contributed by atoms with Crippen molar-refractivity contribution in [2.45, 2.75) is 6.42 Å². The first-order valence-corrected chi connectivity index (χ1v) is 14.4. The molecule has 0 radical (unpaired) electrons. The zero-order chi connectivity index (χ0) is 28.9. The van der Waals surface area contributed by atoms with E-state index in [0.29, 0.717) is 32.7 Å². The Kier molecular flexibility index (Phi) is 9.16. The van der Waals surface area contributed by atoms with Gasteiger partial charge in [0.1, 0.15) is 12.4 Å². The predicted octanol–water partition coefficient (Wildman–Crippen LogP) is 3.18. The van der Waals surface area contributed by atoms with Gasteiger partial charge in [0.05, 0.1) is 29.3 Å². The first-order chi connectivity index (χ1) is 19.1. The lowest BCUT2D eigenvalue weighted by molar-refractivity contribution is -0.757. The number of amides is 1. The highest BCUT2D eigenvalue weighted by atomic mass is 35.5. The average molecular weight is 608 g/mol. The minimum absolute atomic E-state index is 0.0356. The Hall–Kier alpha value is -3.83. The number of nitrogens with one attached hydrogen (secondary N) is 1. The van der Waals surface area contributed by atoms with Crippen molar-refractivity contribution >= 4 is 38.9 Å². The second-order valence-corrected chi connectivity index (χ2v) is 11.6. The van der Waals surface area contributed by atoms with E-state index in [1.807, 2.05) is 0 Å². The maximum absolute atomic E-state index is 13.3. The number of hydrogen-bond acceptors (Lipinski definition) is 9. The summed E-state index contributed by atoms with van der Waals surface area (Å²) in [6.45, 7) is 0.162. The van der Waals surface area contributed by atoms with Crippen molar-refractivity contribution in [2.75, 3.05) is 38.3 Å². The Morgan fingerprint density at radius 3 is 2.50 bits per heavy atom. The van der Waals surface area contributed by atoms with E-state index in [1.165, 1.54) is 12.1 Å². The number of carbonyl (C=O) groups excluding carboxylic acids is 1. The summed E-state index contributed by atoms with van der Waals surface area (Å²) in [5, 5.41) is 11.6. The van der Waals surface area contributed by atoms with Crippen molar-refractivity contribution in [1.82, 2.24) is 20.0 Å². The van der Waals surface area contributed by atoms with E-state index in [-0.39, 0.29) is 49.2 Å². The number of methoxy groups -OCH3 is 1. The summed E-state index contributed by atoms with van der Waals surface area (Å²) in [6, 6.07) is 11.8. The zero-order valence-corrected chi connectivity index (χ0v) is 23.4. The van der Waals surface area contributed by atoms with Gasteiger partial charge in [0.25, 0.3) is 11.0 Å². The molecule has 15 heteroatoms. The van der Waals surface area contributed by atoms with Crippen LogP contribution in [0.2, 0.25) is 10.0 Å². The SMILES string of the molecule is COc1c(C(=O)NN2CCS(=O)(=O)CC2)nc(-c2ccc(Cl)cc2Cl)n1-c1ccc(C#CCCO[N+](=O)[O-])cc1. The van der Waals surface area contributed by atoms with Gasteiger partial charge in [0.15, 0.2) is 15.5 Å². The third-order valence-corrected chi connectivity index (χ3v) is 7.96. The fraction of sp³-hybridized carbons (Fsp3) is 0.280. The van der Waals surface area contributed by atoms with Crippen molar-refractivity contribution in [1.29, 1.82) is 0 Å². The monoisotopic (exact) mass is 607 g/mol. The Balaban J connectivity index is 1.69. The molecule has 1 fully saturated rings. The van der Waals surface area contributed by atoms with Crippen molar-refractivity contribution in [2.24, 2.45) is 0 Å². The molecule has 12 nitrogen and oxygen atoms in total. The highest BCUT2D eigenvalue weighted by Gasteiger charge is 2.29. The van der Waals surface area contributed by atoms with Crippen LogP contribution in [0.25, 0.3) is 17.1 Å². The summed E-state index contributed by atoms with van der Waals surface area (Å²) in [5.74, 6) is 5.42. The summed E-state index contributed by atoms with van der Waals surface area (Å²) >= 11 is 12.6. The Morgan fingerprint density at radius 2 is 1.88 bits per heavy atom. The second kappa shape index (κ2) is 12.6. The van der Waals surface area contributed by atoms with E-state index in [2.05, 4.69) is 27.1 Å². The number of hydrazine groups is 1. The predicted molar refractivity (Wildman–Crippen MR) is 148 cm³/mol. The van der Waals surface area contributed by atoms with Crippen LogP contribution in [-0.4, -0.2) is 72.3 Å². The molecule has 0 unspecified atom stereocenters. The molecule has 1 saturated heterocycles. The van der Waals surface area contributed by atoms with Gasteiger partial charge >= 0.3 is 0 Å². The van der Waals surface area contributed by atoms with Crippen molar-refractivity contribution < 1.29 is 27.9 Å². The van der Waals surface area contributed by atoms with Gasteiger partial charge < -0.3 is 9.57 Å². The quantitative estimate of drug-likeness (QED) is 0.176. The van der Waals surface area contributed by atoms with Gasteiger partial charge in [-0.25, -0.2) is 18.4 Å². The summed E-state index contributed by atoms with van der Waals surface area (Å²) in [7, 11) is -1.73. The Morgan fingerprint density at radius 1 is 1.18 bits per heavy atom. The molecule has 0 bridgehead atoms. The number of hydrogen-bond donors (Lipinski definition) is 1. The van der Waals surface area contributed by atoms with Gasteiger partial charge in [-0.15, -0.1) is 10.1 Å². The maximum atomic E-state index is 13.3. The first kappa shape index (κ1) is 29.2. The van der Waals surface area contributed by atoms with Crippen molar-refractivity contribution in [3.63, 3.8) is 0 Å². The number of sulfone groups is 1. The van der Waals surface area contributed by atoms with E-state index in [1.54, 1.807) is 47.0 Å². The molecule has 1 aliphatic heterocycles. The van der Waals surface area contributed by atoms with Crippen LogP contribution in [0.1, 0.15) is 22.5 Å². The molecule has 2 heterocycles. The lowest BCUT2D eigenvalue weighted by Crippen LogP contribution is -2.50. The molecule has 4 rings (SSSR count). The molecular formula is C25H23Cl2N5O7S. The number of carbonyl (C=O) groups is 1. The van der Waals surface area contributed by atoms with Gasteiger partial charge in [0, 0.05) is 35.7 Å². The molecule has 1 aromatic heterocycles. The van der Waals surface area contributed by atoms with E-state index in [0.717, 1.165) is 0 Å². The molecule has 1 N–H and O–H groups in total. The summed E-state index contributed by atoms with van der Waals surface area (Å²) in [4.78, 5) is 32.4. The molecule has 0 saturated carbocycles. The van der Waals surface area contributed by atoms with Crippen LogP contribution in [0.4, 0.5) is 0 Å². The maximum Gasteiger partial charge on any atom is 0.294 e. The summed E-state index contributed by atoms with van der Waals surface area (Å²) in [6.07, 6.45) is 0.179. The van der Waals surface area contributed by atoms with Gasteiger partial charge in [-0.2, -0.15) is 0 Å². The first-order valence-electron chi connectivity index (χ1n) is 11.8. The van der Waals surface area contributed by atoms with Crippen LogP contribution in [0, 0.1) is 22.0 Å². The topological polar surface area (TPSA) is 146 Å². The standard InChI is InChI=1S/C25H23Cl2N5O7S/c1-38-25-22(24(33)29-30-11-14-40(36,37)15-12-30)28-23(20-10-7-18(26)16-21(20)27)31(25)19-8-5-17(6-9-19)4-2-3-13-39-32(34)35/h5-10,16H,3,11-15H2,1H3,(H,29,33). The molecule has 0 atom stereocenters. The highest BCUT2D eigenvalue weighted by molar-refractivity contribution is 7.91. The number of imidazole rings is 1. The fourth-order valence-corrected chi connectivity index (χ4v) is 5.58. The van der Waals surface area contributed by atoms with Gasteiger partial charge in [-0.3, -0.25) is 14.8 Å². The Bertz CT molecular complexity index is 1580. The van der Waals surface area contributed by atoms with Gasteiger partial charge in [0.2, 0.25) is 5.88 Å². The van der Waals surface area contributed by atoms with Gasteiger partial charge in [-0.05, 0) is 42.5 Å². The second-order valence-electron chi connectivity index (χ2n) is 8.49. The summed E-state index contributed by atoms with van der Waals surface area (Å²) < 4.78 is 30.8. The molecule has 2 aromatic carbocycles. The number of ether oxygens (including phenoxy) is 1.